The van der Waals surface area contributed by atoms with Crippen LogP contribution in [0.5, 0.6) is 0 Å². The predicted octanol–water partition coefficient (Wildman–Crippen LogP) is 3.72. The zero-order chi connectivity index (χ0) is 15.1. The number of aryl methyl sites for hydroxylation is 1. The van der Waals surface area contributed by atoms with Crippen molar-refractivity contribution >= 4 is 44.6 Å². The second-order valence-corrected chi connectivity index (χ2v) is 6.81. The quantitative estimate of drug-likeness (QED) is 0.608. The van der Waals surface area contributed by atoms with Crippen LogP contribution in [0.4, 0.5) is 4.39 Å². The minimum absolute atomic E-state index is 0.150. The van der Waals surface area contributed by atoms with Gasteiger partial charge in [0.25, 0.3) is 5.16 Å². The molecule has 0 saturated carbocycles. The Morgan fingerprint density at radius 2 is 1.60 bits per heavy atom. The van der Waals surface area contributed by atoms with Gasteiger partial charge in [0, 0.05) is 0 Å². The average Bonchev–Trinajstić information content (AvgIpc) is 2.34. The van der Waals surface area contributed by atoms with Gasteiger partial charge in [0.05, 0.1) is 4.90 Å². The molecule has 9 heteroatoms. The van der Waals surface area contributed by atoms with Gasteiger partial charge in [-0.3, -0.25) is 0 Å². The first kappa shape index (κ1) is 15.4. The van der Waals surface area contributed by atoms with Crippen molar-refractivity contribution in [2.45, 2.75) is 17.0 Å². The van der Waals surface area contributed by atoms with E-state index in [1.54, 1.807) is 6.92 Å². The zero-order valence-electron chi connectivity index (χ0n) is 9.86. The van der Waals surface area contributed by atoms with Crippen molar-refractivity contribution in [1.29, 1.82) is 0 Å². The Hall–Kier alpha value is -0.950. The molecule has 1 aromatic heterocycles. The lowest BCUT2D eigenvalue weighted by Crippen LogP contribution is -2.08. The van der Waals surface area contributed by atoms with E-state index in [0.717, 1.165) is 6.07 Å². The average molecular weight is 356 g/mol. The Morgan fingerprint density at radius 3 is 2.10 bits per heavy atom. The molecule has 106 valence electrons. The van der Waals surface area contributed by atoms with E-state index in [9.17, 15) is 12.8 Å². The van der Waals surface area contributed by atoms with E-state index in [-0.39, 0.29) is 20.2 Å². The largest absolute Gasteiger partial charge is 0.254 e. The highest BCUT2D eigenvalue weighted by atomic mass is 35.5. The first-order valence-electron chi connectivity index (χ1n) is 5.12. The molecular weight excluding hydrogens is 350 g/mol. The smallest absolute Gasteiger partial charge is 0.215 e. The summed E-state index contributed by atoms with van der Waals surface area (Å²) < 4.78 is 37.9. The second-order valence-electron chi connectivity index (χ2n) is 3.87. The van der Waals surface area contributed by atoms with Gasteiger partial charge >= 0.3 is 0 Å². The molecule has 0 fully saturated rings. The highest BCUT2D eigenvalue weighted by molar-refractivity contribution is 7.91. The first-order chi connectivity index (χ1) is 9.21. The molecular formula is C11H6Cl3FN2O2S. The normalized spacial score (nSPS) is 11.7. The predicted molar refractivity (Wildman–Crippen MR) is 73.7 cm³/mol. The van der Waals surface area contributed by atoms with Crippen LogP contribution in [-0.4, -0.2) is 18.4 Å². The lowest BCUT2D eigenvalue weighted by atomic mass is 10.2. The zero-order valence-corrected chi connectivity index (χ0v) is 12.9. The van der Waals surface area contributed by atoms with Crippen LogP contribution in [0.15, 0.2) is 28.3 Å². The molecule has 0 radical (unpaired) electrons. The van der Waals surface area contributed by atoms with E-state index in [0.29, 0.717) is 5.56 Å². The summed E-state index contributed by atoms with van der Waals surface area (Å²) in [6.07, 6.45) is 0. The molecule has 2 aromatic rings. The van der Waals surface area contributed by atoms with Crippen LogP contribution in [0.2, 0.25) is 15.3 Å². The van der Waals surface area contributed by atoms with Gasteiger partial charge in [-0.25, -0.2) is 22.8 Å². The molecule has 1 heterocycles. The number of halogens is 4. The van der Waals surface area contributed by atoms with Crippen LogP contribution in [0.3, 0.4) is 0 Å². The fourth-order valence-corrected chi connectivity index (χ4v) is 3.27. The molecule has 0 saturated heterocycles. The van der Waals surface area contributed by atoms with E-state index in [1.807, 2.05) is 0 Å². The maximum Gasteiger partial charge on any atom is 0.254 e. The summed E-state index contributed by atoms with van der Waals surface area (Å²) in [5.74, 6) is -0.685. The van der Waals surface area contributed by atoms with E-state index in [4.69, 9.17) is 34.8 Å². The Kier molecular flexibility index (Phi) is 4.20. The van der Waals surface area contributed by atoms with Gasteiger partial charge in [-0.2, -0.15) is 0 Å². The minimum atomic E-state index is -4.14. The molecule has 0 spiro atoms. The van der Waals surface area contributed by atoms with Gasteiger partial charge < -0.3 is 0 Å². The number of nitrogens with zero attached hydrogens (tertiary/aromatic N) is 2. The van der Waals surface area contributed by atoms with Crippen molar-refractivity contribution in [2.75, 3.05) is 0 Å². The van der Waals surface area contributed by atoms with Crippen LogP contribution in [0, 0.1) is 12.7 Å². The van der Waals surface area contributed by atoms with Crippen LogP contribution in [0.25, 0.3) is 0 Å². The van der Waals surface area contributed by atoms with Crippen molar-refractivity contribution in [3.63, 3.8) is 0 Å². The molecule has 0 N–H and O–H groups in total. The summed E-state index contributed by atoms with van der Waals surface area (Å²) in [4.78, 5) is 6.85. The van der Waals surface area contributed by atoms with Crippen LogP contribution in [0.1, 0.15) is 5.56 Å². The highest BCUT2D eigenvalue weighted by Gasteiger charge is 2.24. The van der Waals surface area contributed by atoms with Crippen LogP contribution < -0.4 is 0 Å². The van der Waals surface area contributed by atoms with Gasteiger partial charge in [-0.15, -0.1) is 0 Å². The van der Waals surface area contributed by atoms with E-state index < -0.39 is 20.8 Å². The maximum absolute atomic E-state index is 13.3. The van der Waals surface area contributed by atoms with E-state index in [2.05, 4.69) is 9.97 Å². The van der Waals surface area contributed by atoms with Gasteiger partial charge in [-0.1, -0.05) is 34.8 Å². The van der Waals surface area contributed by atoms with Gasteiger partial charge in [0.1, 0.15) is 10.8 Å². The number of aromatic nitrogens is 2. The third-order valence-corrected chi connectivity index (χ3v) is 4.93. The molecule has 0 aliphatic heterocycles. The monoisotopic (exact) mass is 354 g/mol. The molecule has 0 atom stereocenters. The fourth-order valence-electron chi connectivity index (χ4n) is 1.46. The van der Waals surface area contributed by atoms with Crippen molar-refractivity contribution in [2.24, 2.45) is 0 Å². The van der Waals surface area contributed by atoms with Crippen molar-refractivity contribution in [3.05, 3.63) is 44.9 Å². The number of sulfone groups is 1. The molecule has 0 unspecified atom stereocenters. The third-order valence-electron chi connectivity index (χ3n) is 2.32. The lowest BCUT2D eigenvalue weighted by Gasteiger charge is -2.06. The van der Waals surface area contributed by atoms with Crippen molar-refractivity contribution in [1.82, 2.24) is 9.97 Å². The Morgan fingerprint density at radius 1 is 1.05 bits per heavy atom. The minimum Gasteiger partial charge on any atom is -0.215 e. The summed E-state index contributed by atoms with van der Waals surface area (Å²) >= 11 is 17.0. The number of rotatable bonds is 2. The molecule has 4 nitrogen and oxygen atoms in total. The Labute approximate surface area is 129 Å². The standard InChI is InChI=1S/C11H6Cl3FN2O2S/c1-5-2-6(15)4-7(3-5)20(18,19)11-16-9(13)8(12)10(14)17-11/h2-4H,1H3. The van der Waals surface area contributed by atoms with E-state index in [1.165, 1.54) is 12.1 Å². The van der Waals surface area contributed by atoms with Crippen molar-refractivity contribution < 1.29 is 12.8 Å². The van der Waals surface area contributed by atoms with Gasteiger partial charge in [-0.05, 0) is 30.7 Å². The fraction of sp³-hybridized carbons (Fsp3) is 0.0909. The van der Waals surface area contributed by atoms with Gasteiger partial charge in [0.15, 0.2) is 10.3 Å². The maximum atomic E-state index is 13.3. The van der Waals surface area contributed by atoms with Crippen molar-refractivity contribution in [3.8, 4) is 0 Å². The van der Waals surface area contributed by atoms with E-state index >= 15 is 0 Å². The second kappa shape index (κ2) is 5.44. The summed E-state index contributed by atoms with van der Waals surface area (Å²) in [5, 5.41) is -1.37. The number of hydrogen-bond donors (Lipinski definition) is 0. The topological polar surface area (TPSA) is 59.9 Å². The molecule has 0 aliphatic rings. The van der Waals surface area contributed by atoms with Crippen LogP contribution in [-0.2, 0) is 9.84 Å². The molecule has 20 heavy (non-hydrogen) atoms. The highest BCUT2D eigenvalue weighted by Crippen LogP contribution is 2.29. The third kappa shape index (κ3) is 2.88. The molecule has 0 bridgehead atoms. The SMILES string of the molecule is Cc1cc(F)cc(S(=O)(=O)c2nc(Cl)c(Cl)c(Cl)n2)c1. The Bertz CT molecular complexity index is 753. The molecule has 2 rings (SSSR count). The summed E-state index contributed by atoms with van der Waals surface area (Å²) in [5.41, 5.74) is 0.440. The summed E-state index contributed by atoms with van der Waals surface area (Å²) in [6.45, 7) is 1.56. The van der Waals surface area contributed by atoms with Gasteiger partial charge in [0.2, 0.25) is 9.84 Å². The van der Waals surface area contributed by atoms with Crippen LogP contribution >= 0.6 is 34.8 Å². The number of hydrogen-bond acceptors (Lipinski definition) is 4. The summed E-state index contributed by atoms with van der Waals surface area (Å²) in [6, 6.07) is 3.35. The molecule has 1 aromatic carbocycles. The molecule has 0 aliphatic carbocycles. The first-order valence-corrected chi connectivity index (χ1v) is 7.74. The molecule has 0 amide bonds. The Balaban J connectivity index is 2.66. The lowest BCUT2D eigenvalue weighted by molar-refractivity contribution is 0.582. The number of benzene rings is 1. The summed E-state index contributed by atoms with van der Waals surface area (Å²) in [7, 11) is -4.14.